The van der Waals surface area contributed by atoms with E-state index in [1.54, 1.807) is 18.2 Å². The van der Waals surface area contributed by atoms with Gasteiger partial charge in [0.2, 0.25) is 0 Å². The topological polar surface area (TPSA) is 55.2 Å². The number of rotatable bonds is 4. The smallest absolute Gasteiger partial charge is 0.292 e. The predicted octanol–water partition coefficient (Wildman–Crippen LogP) is 4.48. The molecule has 0 aliphatic heterocycles. The highest BCUT2D eigenvalue weighted by Gasteiger charge is 2.15. The lowest BCUT2D eigenvalue weighted by Crippen LogP contribution is -2.03. The molecule has 2 aromatic carbocycles. The van der Waals surface area contributed by atoms with Crippen LogP contribution in [0.5, 0.6) is 0 Å². The summed E-state index contributed by atoms with van der Waals surface area (Å²) in [5, 5.41) is 14.9. The van der Waals surface area contributed by atoms with E-state index in [4.69, 9.17) is 11.6 Å². The quantitative estimate of drug-likeness (QED) is 0.667. The zero-order valence-corrected chi connectivity index (χ0v) is 12.1. The van der Waals surface area contributed by atoms with Crippen molar-refractivity contribution in [1.29, 1.82) is 0 Å². The lowest BCUT2D eigenvalue weighted by atomic mass is 10.1. The second kappa shape index (κ2) is 5.92. The molecule has 0 atom stereocenters. The molecular formula is C15H15ClN2O2. The number of halogens is 1. The maximum atomic E-state index is 11.1. The van der Waals surface area contributed by atoms with Gasteiger partial charge >= 0.3 is 0 Å². The fourth-order valence-corrected chi connectivity index (χ4v) is 2.02. The van der Waals surface area contributed by atoms with Gasteiger partial charge in [0.25, 0.3) is 5.69 Å². The van der Waals surface area contributed by atoms with Gasteiger partial charge in [0, 0.05) is 17.6 Å². The van der Waals surface area contributed by atoms with Gasteiger partial charge in [-0.3, -0.25) is 10.1 Å². The van der Waals surface area contributed by atoms with Crippen LogP contribution in [0.15, 0.2) is 36.4 Å². The van der Waals surface area contributed by atoms with Gasteiger partial charge in [-0.2, -0.15) is 0 Å². The third kappa shape index (κ3) is 3.27. The van der Waals surface area contributed by atoms with Crippen LogP contribution >= 0.6 is 11.6 Å². The highest BCUT2D eigenvalue weighted by atomic mass is 35.5. The van der Waals surface area contributed by atoms with E-state index in [2.05, 4.69) is 5.32 Å². The minimum atomic E-state index is -0.364. The van der Waals surface area contributed by atoms with Crippen LogP contribution in [0.3, 0.4) is 0 Å². The fraction of sp³-hybridized carbons (Fsp3) is 0.200. The first-order valence-corrected chi connectivity index (χ1v) is 6.59. The molecule has 20 heavy (non-hydrogen) atoms. The molecule has 0 aromatic heterocycles. The number of nitro benzene ring substituents is 1. The summed E-state index contributed by atoms with van der Waals surface area (Å²) in [6.07, 6.45) is 0. The molecule has 1 N–H and O–H groups in total. The molecule has 104 valence electrons. The Balaban J connectivity index is 2.22. The molecule has 2 aromatic rings. The van der Waals surface area contributed by atoms with Crippen molar-refractivity contribution in [2.75, 3.05) is 5.32 Å². The number of anilines is 1. The van der Waals surface area contributed by atoms with Crippen molar-refractivity contribution in [3.63, 3.8) is 0 Å². The highest BCUT2D eigenvalue weighted by Crippen LogP contribution is 2.28. The van der Waals surface area contributed by atoms with Crippen LogP contribution in [-0.4, -0.2) is 4.92 Å². The SMILES string of the molecule is Cc1cc(NCc2ccc(Cl)cc2)c([N+](=O)[O-])cc1C. The first kappa shape index (κ1) is 14.3. The maximum absolute atomic E-state index is 11.1. The summed E-state index contributed by atoms with van der Waals surface area (Å²) in [7, 11) is 0. The van der Waals surface area contributed by atoms with Crippen molar-refractivity contribution in [1.82, 2.24) is 0 Å². The first-order valence-electron chi connectivity index (χ1n) is 6.21. The van der Waals surface area contributed by atoms with Gasteiger partial charge in [-0.15, -0.1) is 0 Å². The lowest BCUT2D eigenvalue weighted by molar-refractivity contribution is -0.384. The van der Waals surface area contributed by atoms with Gasteiger partial charge in [-0.1, -0.05) is 23.7 Å². The monoisotopic (exact) mass is 290 g/mol. The van der Waals surface area contributed by atoms with E-state index < -0.39 is 0 Å². The summed E-state index contributed by atoms with van der Waals surface area (Å²) in [4.78, 5) is 10.7. The van der Waals surface area contributed by atoms with E-state index in [9.17, 15) is 10.1 Å². The molecule has 0 fully saturated rings. The number of benzene rings is 2. The number of hydrogen-bond donors (Lipinski definition) is 1. The van der Waals surface area contributed by atoms with Gasteiger partial charge in [-0.25, -0.2) is 0 Å². The summed E-state index contributed by atoms with van der Waals surface area (Å²) >= 11 is 5.82. The Morgan fingerprint density at radius 1 is 1.15 bits per heavy atom. The average molecular weight is 291 g/mol. The van der Waals surface area contributed by atoms with Gasteiger partial charge in [-0.05, 0) is 48.7 Å². The van der Waals surface area contributed by atoms with Crippen LogP contribution in [-0.2, 0) is 6.54 Å². The van der Waals surface area contributed by atoms with Crippen LogP contribution in [0.4, 0.5) is 11.4 Å². The Labute approximate surface area is 122 Å². The molecule has 0 unspecified atom stereocenters. The van der Waals surface area contributed by atoms with E-state index in [1.165, 1.54) is 0 Å². The van der Waals surface area contributed by atoms with Crippen molar-refractivity contribution in [3.05, 3.63) is 68.2 Å². The van der Waals surface area contributed by atoms with Gasteiger partial charge in [0.1, 0.15) is 5.69 Å². The molecule has 0 bridgehead atoms. The normalized spacial score (nSPS) is 10.3. The number of aryl methyl sites for hydroxylation is 2. The molecule has 0 amide bonds. The fourth-order valence-electron chi connectivity index (χ4n) is 1.89. The molecular weight excluding hydrogens is 276 g/mol. The number of nitro groups is 1. The van der Waals surface area contributed by atoms with Gasteiger partial charge in [0.15, 0.2) is 0 Å². The van der Waals surface area contributed by atoms with Gasteiger partial charge in [0.05, 0.1) is 4.92 Å². The number of nitrogens with zero attached hydrogens (tertiary/aromatic N) is 1. The molecule has 0 radical (unpaired) electrons. The van der Waals surface area contributed by atoms with E-state index in [-0.39, 0.29) is 10.6 Å². The molecule has 2 rings (SSSR count). The molecule has 0 spiro atoms. The molecule has 0 saturated heterocycles. The second-order valence-corrected chi connectivity index (χ2v) is 5.13. The minimum absolute atomic E-state index is 0.0991. The molecule has 0 heterocycles. The summed E-state index contributed by atoms with van der Waals surface area (Å²) in [6.45, 7) is 4.32. The summed E-state index contributed by atoms with van der Waals surface area (Å²) < 4.78 is 0. The van der Waals surface area contributed by atoms with Crippen molar-refractivity contribution in [3.8, 4) is 0 Å². The summed E-state index contributed by atoms with van der Waals surface area (Å²) in [6, 6.07) is 10.8. The number of hydrogen-bond acceptors (Lipinski definition) is 3. The third-order valence-electron chi connectivity index (χ3n) is 3.20. The van der Waals surface area contributed by atoms with Crippen molar-refractivity contribution in [2.24, 2.45) is 0 Å². The zero-order valence-electron chi connectivity index (χ0n) is 11.3. The van der Waals surface area contributed by atoms with Crippen molar-refractivity contribution in [2.45, 2.75) is 20.4 Å². The molecule has 5 heteroatoms. The summed E-state index contributed by atoms with van der Waals surface area (Å²) in [5.74, 6) is 0. The Morgan fingerprint density at radius 3 is 2.35 bits per heavy atom. The molecule has 0 aliphatic carbocycles. The average Bonchev–Trinajstić information content (AvgIpc) is 2.41. The maximum Gasteiger partial charge on any atom is 0.292 e. The van der Waals surface area contributed by atoms with Crippen LogP contribution in [0.25, 0.3) is 0 Å². The van der Waals surface area contributed by atoms with E-state index in [1.807, 2.05) is 32.0 Å². The van der Waals surface area contributed by atoms with Crippen LogP contribution in [0, 0.1) is 24.0 Å². The molecule has 0 aliphatic rings. The Bertz CT molecular complexity index is 639. The highest BCUT2D eigenvalue weighted by molar-refractivity contribution is 6.30. The number of nitrogens with one attached hydrogen (secondary N) is 1. The largest absolute Gasteiger partial charge is 0.375 e. The van der Waals surface area contributed by atoms with Crippen molar-refractivity contribution < 1.29 is 4.92 Å². The van der Waals surface area contributed by atoms with Crippen LogP contribution in [0.1, 0.15) is 16.7 Å². The minimum Gasteiger partial charge on any atom is -0.375 e. The van der Waals surface area contributed by atoms with E-state index >= 15 is 0 Å². The van der Waals surface area contributed by atoms with Crippen molar-refractivity contribution >= 4 is 23.0 Å². The van der Waals surface area contributed by atoms with Crippen LogP contribution < -0.4 is 5.32 Å². The molecule has 4 nitrogen and oxygen atoms in total. The van der Waals surface area contributed by atoms with E-state index in [0.29, 0.717) is 17.3 Å². The third-order valence-corrected chi connectivity index (χ3v) is 3.46. The Kier molecular flexibility index (Phi) is 4.25. The van der Waals surface area contributed by atoms with E-state index in [0.717, 1.165) is 16.7 Å². The standard InChI is InChI=1S/C15H15ClN2O2/c1-10-7-14(15(18(19)20)8-11(10)2)17-9-12-3-5-13(16)6-4-12/h3-8,17H,9H2,1-2H3. The summed E-state index contributed by atoms with van der Waals surface area (Å²) in [5.41, 5.74) is 3.58. The molecule has 0 saturated carbocycles. The second-order valence-electron chi connectivity index (χ2n) is 4.69. The Morgan fingerprint density at radius 2 is 1.75 bits per heavy atom. The predicted molar refractivity (Wildman–Crippen MR) is 81.3 cm³/mol. The van der Waals surface area contributed by atoms with Gasteiger partial charge < -0.3 is 5.32 Å². The van der Waals surface area contributed by atoms with Crippen LogP contribution in [0.2, 0.25) is 5.02 Å². The Hall–Kier alpha value is -2.07. The lowest BCUT2D eigenvalue weighted by Gasteiger charge is -2.10. The first-order chi connectivity index (χ1) is 9.47. The zero-order chi connectivity index (χ0) is 14.7.